The number of aliphatic hydroxyl groups excluding tert-OH is 1. The molecular weight excluding hydrogens is 272 g/mol. The summed E-state index contributed by atoms with van der Waals surface area (Å²) in [5.74, 6) is 0.517. The Bertz CT molecular complexity index is 480. The van der Waals surface area contributed by atoms with Crippen molar-refractivity contribution in [1.29, 1.82) is 0 Å². The molecule has 1 aromatic rings. The van der Waals surface area contributed by atoms with Crippen LogP contribution >= 0.6 is 0 Å². The number of morpholine rings is 1. The average molecular weight is 294 g/mol. The van der Waals surface area contributed by atoms with E-state index in [0.717, 1.165) is 5.56 Å². The number of aliphatic hydroxyl groups is 1. The normalized spacial score (nSPS) is 22.1. The van der Waals surface area contributed by atoms with Crippen LogP contribution in [-0.2, 0) is 16.1 Å². The molecule has 1 aliphatic rings. The van der Waals surface area contributed by atoms with Crippen molar-refractivity contribution >= 4 is 5.91 Å². The molecule has 0 bridgehead atoms. The Kier molecular flexibility index (Phi) is 5.55. The first-order valence-corrected chi connectivity index (χ1v) is 7.09. The Morgan fingerprint density at radius 1 is 1.48 bits per heavy atom. The predicted molar refractivity (Wildman–Crippen MR) is 77.8 cm³/mol. The lowest BCUT2D eigenvalue weighted by Gasteiger charge is -2.36. The van der Waals surface area contributed by atoms with E-state index in [1.54, 1.807) is 11.0 Å². The average Bonchev–Trinajstić information content (AvgIpc) is 2.52. The van der Waals surface area contributed by atoms with E-state index in [0.29, 0.717) is 25.4 Å². The van der Waals surface area contributed by atoms with Gasteiger partial charge in [-0.25, -0.2) is 0 Å². The quantitative estimate of drug-likeness (QED) is 0.806. The maximum atomic E-state index is 12.2. The molecule has 0 aliphatic carbocycles. The molecule has 6 nitrogen and oxygen atoms in total. The maximum absolute atomic E-state index is 12.2. The molecule has 116 valence electrons. The molecule has 0 saturated carbocycles. The van der Waals surface area contributed by atoms with E-state index in [2.05, 4.69) is 0 Å². The van der Waals surface area contributed by atoms with Crippen LogP contribution in [0.1, 0.15) is 12.5 Å². The van der Waals surface area contributed by atoms with E-state index in [4.69, 9.17) is 15.2 Å². The van der Waals surface area contributed by atoms with Gasteiger partial charge in [-0.15, -0.1) is 0 Å². The van der Waals surface area contributed by atoms with Crippen LogP contribution in [0.2, 0.25) is 0 Å². The highest BCUT2D eigenvalue weighted by Gasteiger charge is 2.28. The molecule has 1 fully saturated rings. The van der Waals surface area contributed by atoms with Crippen molar-refractivity contribution in [2.45, 2.75) is 25.7 Å². The smallest absolute Gasteiger partial charge is 0.260 e. The SMILES string of the molecule is CC1CN(C(=O)COc2ccccc2CN)CC(CO)O1. The third-order valence-corrected chi connectivity index (χ3v) is 3.43. The van der Waals surface area contributed by atoms with Crippen LogP contribution in [0, 0.1) is 0 Å². The fraction of sp³-hybridized carbons (Fsp3) is 0.533. The van der Waals surface area contributed by atoms with Crippen LogP contribution in [0.15, 0.2) is 24.3 Å². The standard InChI is InChI=1S/C15H22N2O4/c1-11-7-17(8-13(9-18)21-11)15(19)10-20-14-5-3-2-4-12(14)6-16/h2-5,11,13,18H,6-10,16H2,1H3. The summed E-state index contributed by atoms with van der Waals surface area (Å²) in [6, 6.07) is 7.40. The Labute approximate surface area is 124 Å². The van der Waals surface area contributed by atoms with Gasteiger partial charge in [0.25, 0.3) is 5.91 Å². The van der Waals surface area contributed by atoms with Crippen LogP contribution in [0.3, 0.4) is 0 Å². The fourth-order valence-electron chi connectivity index (χ4n) is 2.39. The molecule has 1 aliphatic heterocycles. The second-order valence-electron chi connectivity index (χ2n) is 5.15. The zero-order valence-corrected chi connectivity index (χ0v) is 12.2. The van der Waals surface area contributed by atoms with Crippen molar-refractivity contribution in [3.05, 3.63) is 29.8 Å². The van der Waals surface area contributed by atoms with Gasteiger partial charge in [0.05, 0.1) is 18.8 Å². The lowest BCUT2D eigenvalue weighted by Crippen LogP contribution is -2.51. The molecule has 2 rings (SSSR count). The van der Waals surface area contributed by atoms with Gasteiger partial charge >= 0.3 is 0 Å². The third kappa shape index (κ3) is 4.17. The number of hydrogen-bond acceptors (Lipinski definition) is 5. The summed E-state index contributed by atoms with van der Waals surface area (Å²) < 4.78 is 11.1. The van der Waals surface area contributed by atoms with Crippen LogP contribution < -0.4 is 10.5 Å². The Hall–Kier alpha value is -1.63. The number of ether oxygens (including phenoxy) is 2. The summed E-state index contributed by atoms with van der Waals surface area (Å²) in [6.45, 7) is 3.02. The number of benzene rings is 1. The topological polar surface area (TPSA) is 85.0 Å². The van der Waals surface area contributed by atoms with Crippen LogP contribution in [-0.4, -0.2) is 54.4 Å². The number of rotatable bonds is 5. The Morgan fingerprint density at radius 3 is 2.95 bits per heavy atom. The minimum atomic E-state index is -0.325. The van der Waals surface area contributed by atoms with E-state index < -0.39 is 0 Å². The summed E-state index contributed by atoms with van der Waals surface area (Å²) >= 11 is 0. The summed E-state index contributed by atoms with van der Waals surface area (Å²) in [6.07, 6.45) is -0.412. The summed E-state index contributed by atoms with van der Waals surface area (Å²) in [5.41, 5.74) is 6.50. The lowest BCUT2D eigenvalue weighted by molar-refractivity contribution is -0.149. The van der Waals surface area contributed by atoms with Crippen LogP contribution in [0.5, 0.6) is 5.75 Å². The van der Waals surface area contributed by atoms with Gasteiger partial charge in [-0.1, -0.05) is 18.2 Å². The second kappa shape index (κ2) is 7.40. The molecule has 1 heterocycles. The molecule has 0 aromatic heterocycles. The molecule has 6 heteroatoms. The van der Waals surface area contributed by atoms with E-state index in [1.807, 2.05) is 25.1 Å². The maximum Gasteiger partial charge on any atom is 0.260 e. The molecule has 1 aromatic carbocycles. The van der Waals surface area contributed by atoms with Gasteiger partial charge in [0.1, 0.15) is 5.75 Å². The molecule has 3 N–H and O–H groups in total. The number of nitrogens with two attached hydrogens (primary N) is 1. The second-order valence-corrected chi connectivity index (χ2v) is 5.15. The molecule has 2 atom stereocenters. The predicted octanol–water partition coefficient (Wildman–Crippen LogP) is 0.132. The van der Waals surface area contributed by atoms with Crippen molar-refractivity contribution in [1.82, 2.24) is 4.90 Å². The van der Waals surface area contributed by atoms with Gasteiger partial charge in [-0.2, -0.15) is 0 Å². The van der Waals surface area contributed by atoms with Gasteiger partial charge < -0.3 is 25.2 Å². The molecule has 0 spiro atoms. The first-order chi connectivity index (χ1) is 10.1. The lowest BCUT2D eigenvalue weighted by atomic mass is 10.2. The molecule has 0 radical (unpaired) electrons. The number of para-hydroxylation sites is 1. The summed E-state index contributed by atoms with van der Waals surface area (Å²) in [5, 5.41) is 9.18. The molecule has 1 amide bonds. The summed E-state index contributed by atoms with van der Waals surface area (Å²) in [7, 11) is 0. The minimum Gasteiger partial charge on any atom is -0.483 e. The van der Waals surface area contributed by atoms with Gasteiger partial charge in [0, 0.05) is 25.2 Å². The Balaban J connectivity index is 1.92. The van der Waals surface area contributed by atoms with Crippen molar-refractivity contribution in [3.8, 4) is 5.75 Å². The summed E-state index contributed by atoms with van der Waals surface area (Å²) in [4.78, 5) is 13.9. The minimum absolute atomic E-state index is 0.0398. The van der Waals surface area contributed by atoms with E-state index >= 15 is 0 Å². The monoisotopic (exact) mass is 294 g/mol. The zero-order valence-electron chi connectivity index (χ0n) is 12.2. The van der Waals surface area contributed by atoms with E-state index in [1.165, 1.54) is 0 Å². The number of carbonyl (C=O) groups excluding carboxylic acids is 1. The van der Waals surface area contributed by atoms with Gasteiger partial charge in [0.15, 0.2) is 6.61 Å². The van der Waals surface area contributed by atoms with Crippen LogP contribution in [0.25, 0.3) is 0 Å². The largest absolute Gasteiger partial charge is 0.483 e. The number of amides is 1. The first kappa shape index (κ1) is 15.8. The zero-order chi connectivity index (χ0) is 15.2. The van der Waals surface area contributed by atoms with E-state index in [-0.39, 0.29) is 31.3 Å². The van der Waals surface area contributed by atoms with Crippen LogP contribution in [0.4, 0.5) is 0 Å². The van der Waals surface area contributed by atoms with Crippen molar-refractivity contribution in [2.24, 2.45) is 5.73 Å². The van der Waals surface area contributed by atoms with Gasteiger partial charge in [-0.05, 0) is 13.0 Å². The molecule has 2 unspecified atom stereocenters. The highest BCUT2D eigenvalue weighted by atomic mass is 16.5. The number of carbonyl (C=O) groups is 1. The first-order valence-electron chi connectivity index (χ1n) is 7.09. The van der Waals surface area contributed by atoms with Crippen molar-refractivity contribution in [3.63, 3.8) is 0 Å². The molecule has 1 saturated heterocycles. The Morgan fingerprint density at radius 2 is 2.24 bits per heavy atom. The molecule has 21 heavy (non-hydrogen) atoms. The number of hydrogen-bond donors (Lipinski definition) is 2. The van der Waals surface area contributed by atoms with E-state index in [9.17, 15) is 9.90 Å². The van der Waals surface area contributed by atoms with Crippen molar-refractivity contribution < 1.29 is 19.4 Å². The highest BCUT2D eigenvalue weighted by Crippen LogP contribution is 2.17. The van der Waals surface area contributed by atoms with Gasteiger partial charge in [-0.3, -0.25) is 4.79 Å². The third-order valence-electron chi connectivity index (χ3n) is 3.43. The van der Waals surface area contributed by atoms with Gasteiger partial charge in [0.2, 0.25) is 0 Å². The highest BCUT2D eigenvalue weighted by molar-refractivity contribution is 5.78. The fourth-order valence-corrected chi connectivity index (χ4v) is 2.39. The van der Waals surface area contributed by atoms with Crippen molar-refractivity contribution in [2.75, 3.05) is 26.3 Å². The molecular formula is C15H22N2O4. The number of nitrogens with zero attached hydrogens (tertiary/aromatic N) is 1.